The first kappa shape index (κ1) is 16.0. The maximum absolute atomic E-state index is 12.2. The Kier molecular flexibility index (Phi) is 5.15. The topological polar surface area (TPSA) is 59.3 Å². The molecule has 0 bridgehead atoms. The first-order chi connectivity index (χ1) is 10.6. The molecular formula is C18H21NO3. The van der Waals surface area contributed by atoms with Crippen molar-refractivity contribution in [2.45, 2.75) is 33.1 Å². The molecule has 2 aromatic rings. The van der Waals surface area contributed by atoms with Crippen LogP contribution in [0.25, 0.3) is 0 Å². The van der Waals surface area contributed by atoms with Gasteiger partial charge in [-0.1, -0.05) is 44.2 Å². The number of carbonyl (C=O) groups is 2. The lowest BCUT2D eigenvalue weighted by Crippen LogP contribution is -2.23. The van der Waals surface area contributed by atoms with E-state index in [0.29, 0.717) is 24.3 Å². The summed E-state index contributed by atoms with van der Waals surface area (Å²) >= 11 is 0. The number of nitrogens with one attached hydrogen (secondary N) is 1. The van der Waals surface area contributed by atoms with Gasteiger partial charge in [-0.05, 0) is 12.5 Å². The van der Waals surface area contributed by atoms with Crippen LogP contribution in [-0.4, -0.2) is 18.2 Å². The average Bonchev–Trinajstić information content (AvgIpc) is 2.99. The number of ketones is 1. The van der Waals surface area contributed by atoms with Gasteiger partial charge in [-0.3, -0.25) is 9.59 Å². The third-order valence-electron chi connectivity index (χ3n) is 3.63. The van der Waals surface area contributed by atoms with Crippen molar-refractivity contribution in [1.82, 2.24) is 5.32 Å². The van der Waals surface area contributed by atoms with Crippen molar-refractivity contribution in [3.63, 3.8) is 0 Å². The van der Waals surface area contributed by atoms with Gasteiger partial charge < -0.3 is 9.73 Å². The molecule has 116 valence electrons. The zero-order chi connectivity index (χ0) is 16.1. The number of amides is 1. The summed E-state index contributed by atoms with van der Waals surface area (Å²) in [7, 11) is 0. The molecule has 1 amide bonds. The highest BCUT2D eigenvalue weighted by molar-refractivity contribution is 6.00. The van der Waals surface area contributed by atoms with Crippen molar-refractivity contribution in [3.8, 4) is 0 Å². The molecule has 0 aliphatic rings. The number of hydrogen-bond donors (Lipinski definition) is 1. The fraction of sp³-hybridized carbons (Fsp3) is 0.333. The number of rotatable bonds is 6. The summed E-state index contributed by atoms with van der Waals surface area (Å²) in [6, 6.07) is 11.4. The second-order valence-corrected chi connectivity index (χ2v) is 5.16. The molecule has 0 fully saturated rings. The second kappa shape index (κ2) is 7.07. The van der Waals surface area contributed by atoms with Crippen molar-refractivity contribution in [2.75, 3.05) is 6.54 Å². The van der Waals surface area contributed by atoms with Gasteiger partial charge in [0, 0.05) is 24.9 Å². The quantitative estimate of drug-likeness (QED) is 0.826. The van der Waals surface area contributed by atoms with Crippen molar-refractivity contribution in [3.05, 3.63) is 59.0 Å². The molecule has 2 rings (SSSR count). The molecule has 1 N–H and O–H groups in total. The molecule has 4 nitrogen and oxygen atoms in total. The van der Waals surface area contributed by atoms with Crippen LogP contribution in [0.5, 0.6) is 0 Å². The van der Waals surface area contributed by atoms with E-state index in [1.807, 2.05) is 44.2 Å². The predicted octanol–water partition coefficient (Wildman–Crippen LogP) is 3.77. The van der Waals surface area contributed by atoms with Crippen LogP contribution in [0.3, 0.4) is 0 Å². The van der Waals surface area contributed by atoms with E-state index in [2.05, 4.69) is 5.32 Å². The van der Waals surface area contributed by atoms with Crippen LogP contribution >= 0.6 is 0 Å². The molecule has 4 heteroatoms. The molecule has 0 saturated carbocycles. The van der Waals surface area contributed by atoms with Gasteiger partial charge in [0.25, 0.3) is 5.91 Å². The van der Waals surface area contributed by atoms with E-state index in [1.54, 1.807) is 13.0 Å². The van der Waals surface area contributed by atoms with E-state index in [9.17, 15) is 9.59 Å². The van der Waals surface area contributed by atoms with Crippen LogP contribution < -0.4 is 5.32 Å². The fourth-order valence-electron chi connectivity index (χ4n) is 2.36. The summed E-state index contributed by atoms with van der Waals surface area (Å²) in [4.78, 5) is 24.1. The highest BCUT2D eigenvalue weighted by atomic mass is 16.3. The Balaban J connectivity index is 2.45. The number of hydrogen-bond acceptors (Lipinski definition) is 3. The lowest BCUT2D eigenvalue weighted by atomic mass is 9.96. The minimum Gasteiger partial charge on any atom is -0.456 e. The highest BCUT2D eigenvalue weighted by Crippen LogP contribution is 2.30. The number of carbonyl (C=O) groups excluding carboxylic acids is 2. The molecule has 1 atom stereocenters. The lowest BCUT2D eigenvalue weighted by Gasteiger charge is -2.11. The monoisotopic (exact) mass is 299 g/mol. The normalized spacial score (nSPS) is 12.0. The summed E-state index contributed by atoms with van der Waals surface area (Å²) in [6.07, 6.45) is 0.349. The molecule has 0 radical (unpaired) electrons. The maximum atomic E-state index is 12.2. The average molecular weight is 299 g/mol. The van der Waals surface area contributed by atoms with Crippen molar-refractivity contribution >= 4 is 11.7 Å². The molecule has 1 unspecified atom stereocenters. The third kappa shape index (κ3) is 3.27. The molecule has 1 aromatic carbocycles. The van der Waals surface area contributed by atoms with Gasteiger partial charge in [-0.15, -0.1) is 0 Å². The van der Waals surface area contributed by atoms with E-state index in [-0.39, 0.29) is 23.4 Å². The van der Waals surface area contributed by atoms with E-state index in [1.165, 1.54) is 0 Å². The molecular weight excluding hydrogens is 278 g/mol. The lowest BCUT2D eigenvalue weighted by molar-refractivity contribution is 0.0946. The predicted molar refractivity (Wildman–Crippen MR) is 85.3 cm³/mol. The molecule has 22 heavy (non-hydrogen) atoms. The van der Waals surface area contributed by atoms with Crippen LogP contribution in [0, 0.1) is 0 Å². The molecule has 1 aromatic heterocycles. The molecule has 0 saturated heterocycles. The Labute approximate surface area is 130 Å². The van der Waals surface area contributed by atoms with E-state index >= 15 is 0 Å². The maximum Gasteiger partial charge on any atom is 0.254 e. The summed E-state index contributed by atoms with van der Waals surface area (Å²) in [5.74, 6) is 0.379. The summed E-state index contributed by atoms with van der Waals surface area (Å²) in [6.45, 7) is 6.13. The first-order valence-electron chi connectivity index (χ1n) is 7.58. The highest BCUT2D eigenvalue weighted by Gasteiger charge is 2.24. The SMILES string of the molecule is CCNC(=O)c1cc(C(=O)CC)oc1C(C)c1ccccc1. The Bertz CT molecular complexity index is 658. The smallest absolute Gasteiger partial charge is 0.254 e. The van der Waals surface area contributed by atoms with Crippen molar-refractivity contribution in [1.29, 1.82) is 0 Å². The fourth-order valence-corrected chi connectivity index (χ4v) is 2.36. The van der Waals surface area contributed by atoms with Gasteiger partial charge in [-0.25, -0.2) is 0 Å². The van der Waals surface area contributed by atoms with Crippen LogP contribution in [0.4, 0.5) is 0 Å². The standard InChI is InChI=1S/C18H21NO3/c1-4-15(20)16-11-14(18(21)19-5-2)17(22-16)12(3)13-9-7-6-8-10-13/h6-12H,4-5H2,1-3H3,(H,19,21). The van der Waals surface area contributed by atoms with E-state index in [4.69, 9.17) is 4.42 Å². The Morgan fingerprint density at radius 2 is 1.86 bits per heavy atom. The Hall–Kier alpha value is -2.36. The van der Waals surface area contributed by atoms with Gasteiger partial charge >= 0.3 is 0 Å². The van der Waals surface area contributed by atoms with Crippen LogP contribution in [0.15, 0.2) is 40.8 Å². The molecule has 0 spiro atoms. The number of furan rings is 1. The molecule has 0 aliphatic heterocycles. The number of benzene rings is 1. The van der Waals surface area contributed by atoms with Crippen molar-refractivity contribution in [2.24, 2.45) is 0 Å². The Morgan fingerprint density at radius 1 is 1.18 bits per heavy atom. The van der Waals surface area contributed by atoms with Crippen molar-refractivity contribution < 1.29 is 14.0 Å². The van der Waals surface area contributed by atoms with Gasteiger partial charge in [0.15, 0.2) is 11.5 Å². The minimum atomic E-state index is -0.209. The number of Topliss-reactive ketones (excluding diaryl/α,β-unsaturated/α-hetero) is 1. The second-order valence-electron chi connectivity index (χ2n) is 5.16. The zero-order valence-electron chi connectivity index (χ0n) is 13.2. The van der Waals surface area contributed by atoms with Gasteiger partial charge in [0.1, 0.15) is 5.76 Å². The molecule has 0 aliphatic carbocycles. The third-order valence-corrected chi connectivity index (χ3v) is 3.63. The van der Waals surface area contributed by atoms with Crippen LogP contribution in [-0.2, 0) is 0 Å². The van der Waals surface area contributed by atoms with Gasteiger partial charge in [0.05, 0.1) is 5.56 Å². The van der Waals surface area contributed by atoms with Gasteiger partial charge in [-0.2, -0.15) is 0 Å². The largest absolute Gasteiger partial charge is 0.456 e. The summed E-state index contributed by atoms with van der Waals surface area (Å²) in [5, 5.41) is 2.77. The first-order valence-corrected chi connectivity index (χ1v) is 7.58. The van der Waals surface area contributed by atoms with E-state index in [0.717, 1.165) is 5.56 Å². The van der Waals surface area contributed by atoms with Crippen LogP contribution in [0.2, 0.25) is 0 Å². The summed E-state index contributed by atoms with van der Waals surface area (Å²) in [5.41, 5.74) is 1.48. The molecule has 1 heterocycles. The van der Waals surface area contributed by atoms with E-state index < -0.39 is 0 Å². The van der Waals surface area contributed by atoms with Crippen LogP contribution in [0.1, 0.15) is 65.3 Å². The zero-order valence-corrected chi connectivity index (χ0v) is 13.2. The minimum absolute atomic E-state index is 0.0998. The summed E-state index contributed by atoms with van der Waals surface area (Å²) < 4.78 is 5.74. The van der Waals surface area contributed by atoms with Gasteiger partial charge in [0.2, 0.25) is 0 Å². The Morgan fingerprint density at radius 3 is 2.45 bits per heavy atom.